The van der Waals surface area contributed by atoms with Crippen molar-refractivity contribution in [2.45, 2.75) is 18.8 Å². The topological polar surface area (TPSA) is 45.0 Å². The summed E-state index contributed by atoms with van der Waals surface area (Å²) >= 11 is 0. The van der Waals surface area contributed by atoms with Crippen LogP contribution in [0.1, 0.15) is 23.1 Å². The third-order valence-electron chi connectivity index (χ3n) is 4.47. The van der Waals surface area contributed by atoms with E-state index >= 15 is 0 Å². The first-order valence-electron chi connectivity index (χ1n) is 7.71. The number of halogens is 1. The van der Waals surface area contributed by atoms with Crippen molar-refractivity contribution in [1.82, 2.24) is 0 Å². The first-order chi connectivity index (χ1) is 11.1. The van der Waals surface area contributed by atoms with Crippen molar-refractivity contribution in [3.05, 3.63) is 65.0 Å². The Labute approximate surface area is 135 Å². The van der Waals surface area contributed by atoms with Crippen LogP contribution in [-0.2, 0) is 10.2 Å². The molecule has 1 saturated heterocycles. The predicted octanol–water partition coefficient (Wildman–Crippen LogP) is 3.78. The second-order valence-corrected chi connectivity index (χ2v) is 6.10. The van der Waals surface area contributed by atoms with E-state index in [0.29, 0.717) is 25.3 Å². The molecule has 0 radical (unpaired) electrons. The summed E-state index contributed by atoms with van der Waals surface area (Å²) in [5, 5.41) is 12.7. The highest BCUT2D eigenvalue weighted by Crippen LogP contribution is 2.34. The van der Waals surface area contributed by atoms with Crippen LogP contribution in [0.15, 0.2) is 42.5 Å². The number of hydrogen-bond acceptors (Lipinski definition) is 3. The highest BCUT2D eigenvalue weighted by molar-refractivity contribution is 5.59. The Hall–Kier alpha value is -2.38. The first-order valence-corrected chi connectivity index (χ1v) is 7.71. The SMILES string of the molecule is Cc1ccc(C#N)c(NC[C@@]2(c3ccc(F)cc3)CCOC2)c1. The molecule has 2 aromatic carbocycles. The van der Waals surface area contributed by atoms with Crippen LogP contribution in [0.3, 0.4) is 0 Å². The maximum atomic E-state index is 13.2. The van der Waals surface area contributed by atoms with Gasteiger partial charge in [-0.1, -0.05) is 18.2 Å². The molecule has 1 aliphatic rings. The third kappa shape index (κ3) is 3.20. The monoisotopic (exact) mass is 310 g/mol. The van der Waals surface area contributed by atoms with Gasteiger partial charge in [-0.05, 0) is 48.7 Å². The van der Waals surface area contributed by atoms with Crippen molar-refractivity contribution >= 4 is 5.69 Å². The minimum atomic E-state index is -0.235. The molecule has 1 aliphatic heterocycles. The van der Waals surface area contributed by atoms with Gasteiger partial charge in [0.1, 0.15) is 11.9 Å². The minimum absolute atomic E-state index is 0.190. The lowest BCUT2D eigenvalue weighted by atomic mass is 9.79. The maximum Gasteiger partial charge on any atom is 0.123 e. The van der Waals surface area contributed by atoms with E-state index in [0.717, 1.165) is 23.2 Å². The summed E-state index contributed by atoms with van der Waals surface area (Å²) in [5.74, 6) is -0.235. The third-order valence-corrected chi connectivity index (χ3v) is 4.47. The quantitative estimate of drug-likeness (QED) is 0.935. The maximum absolute atomic E-state index is 13.2. The fourth-order valence-corrected chi connectivity index (χ4v) is 3.05. The van der Waals surface area contributed by atoms with E-state index in [-0.39, 0.29) is 11.2 Å². The second kappa shape index (κ2) is 6.39. The van der Waals surface area contributed by atoms with E-state index < -0.39 is 0 Å². The van der Waals surface area contributed by atoms with Gasteiger partial charge in [0, 0.05) is 18.6 Å². The molecule has 1 fully saturated rings. The van der Waals surface area contributed by atoms with Crippen molar-refractivity contribution in [3.63, 3.8) is 0 Å². The van der Waals surface area contributed by atoms with Gasteiger partial charge in [0.25, 0.3) is 0 Å². The molecule has 2 aromatic rings. The number of rotatable bonds is 4. The van der Waals surface area contributed by atoms with Crippen molar-refractivity contribution < 1.29 is 9.13 Å². The average Bonchev–Trinajstić information content (AvgIpc) is 3.04. The zero-order valence-corrected chi connectivity index (χ0v) is 13.1. The standard InChI is InChI=1S/C19H19FN2O/c1-14-2-3-15(11-21)18(10-14)22-12-19(8-9-23-13-19)16-4-6-17(20)7-5-16/h2-7,10,22H,8-9,12-13H2,1H3/t19-/m0/s1. The van der Waals surface area contributed by atoms with Gasteiger partial charge in [-0.15, -0.1) is 0 Å². The largest absolute Gasteiger partial charge is 0.383 e. The molecule has 3 nitrogen and oxygen atoms in total. The molecule has 0 unspecified atom stereocenters. The van der Waals surface area contributed by atoms with Crippen LogP contribution < -0.4 is 5.32 Å². The first kappa shape index (κ1) is 15.5. The fraction of sp³-hybridized carbons (Fsp3) is 0.316. The predicted molar refractivity (Wildman–Crippen MR) is 87.9 cm³/mol. The molecule has 23 heavy (non-hydrogen) atoms. The Morgan fingerprint density at radius 1 is 1.26 bits per heavy atom. The number of nitrogens with zero attached hydrogens (tertiary/aromatic N) is 1. The molecular weight excluding hydrogens is 291 g/mol. The van der Waals surface area contributed by atoms with E-state index in [4.69, 9.17) is 4.74 Å². The summed E-state index contributed by atoms with van der Waals surface area (Å²) in [6.07, 6.45) is 0.874. The zero-order valence-electron chi connectivity index (χ0n) is 13.1. The highest BCUT2D eigenvalue weighted by atomic mass is 19.1. The van der Waals surface area contributed by atoms with E-state index in [1.807, 2.05) is 37.3 Å². The van der Waals surface area contributed by atoms with Gasteiger partial charge in [0.05, 0.1) is 17.9 Å². The van der Waals surface area contributed by atoms with Gasteiger partial charge in [0.2, 0.25) is 0 Å². The van der Waals surface area contributed by atoms with Crippen molar-refractivity contribution in [2.24, 2.45) is 0 Å². The molecule has 4 heteroatoms. The van der Waals surface area contributed by atoms with Crippen LogP contribution in [0.5, 0.6) is 0 Å². The van der Waals surface area contributed by atoms with Crippen molar-refractivity contribution in [2.75, 3.05) is 25.1 Å². The van der Waals surface area contributed by atoms with Crippen LogP contribution in [0.2, 0.25) is 0 Å². The molecule has 0 aromatic heterocycles. The molecule has 0 bridgehead atoms. The average molecular weight is 310 g/mol. The lowest BCUT2D eigenvalue weighted by Gasteiger charge is -2.29. The number of nitrogens with one attached hydrogen (secondary N) is 1. The lowest BCUT2D eigenvalue weighted by Crippen LogP contribution is -2.35. The second-order valence-electron chi connectivity index (χ2n) is 6.10. The molecule has 0 spiro atoms. The molecule has 118 valence electrons. The zero-order chi connectivity index (χ0) is 16.3. The molecule has 1 N–H and O–H groups in total. The minimum Gasteiger partial charge on any atom is -0.383 e. The van der Waals surface area contributed by atoms with Crippen LogP contribution in [0.25, 0.3) is 0 Å². The van der Waals surface area contributed by atoms with Gasteiger partial charge >= 0.3 is 0 Å². The van der Waals surface area contributed by atoms with E-state index in [1.54, 1.807) is 0 Å². The Kier molecular flexibility index (Phi) is 4.31. The molecular formula is C19H19FN2O. The van der Waals surface area contributed by atoms with E-state index in [9.17, 15) is 9.65 Å². The number of hydrogen-bond donors (Lipinski definition) is 1. The van der Waals surface area contributed by atoms with E-state index in [1.165, 1.54) is 12.1 Å². The molecule has 0 aliphatic carbocycles. The Morgan fingerprint density at radius 3 is 2.70 bits per heavy atom. The molecule has 1 heterocycles. The number of benzene rings is 2. The molecule has 1 atom stereocenters. The van der Waals surface area contributed by atoms with Crippen molar-refractivity contribution in [3.8, 4) is 6.07 Å². The normalized spacial score (nSPS) is 20.2. The van der Waals surface area contributed by atoms with Gasteiger partial charge in [-0.3, -0.25) is 0 Å². The molecule has 3 rings (SSSR count). The summed E-state index contributed by atoms with van der Waals surface area (Å²) in [7, 11) is 0. The fourth-order valence-electron chi connectivity index (χ4n) is 3.05. The number of nitriles is 1. The smallest absolute Gasteiger partial charge is 0.123 e. The Balaban J connectivity index is 1.85. The highest BCUT2D eigenvalue weighted by Gasteiger charge is 2.36. The van der Waals surface area contributed by atoms with Crippen LogP contribution in [0, 0.1) is 24.1 Å². The van der Waals surface area contributed by atoms with Crippen molar-refractivity contribution in [1.29, 1.82) is 5.26 Å². The molecule has 0 saturated carbocycles. The lowest BCUT2D eigenvalue weighted by molar-refractivity contribution is 0.179. The molecule has 0 amide bonds. The van der Waals surface area contributed by atoms with E-state index in [2.05, 4.69) is 11.4 Å². The Bertz CT molecular complexity index is 728. The number of aryl methyl sites for hydroxylation is 1. The van der Waals surface area contributed by atoms with Crippen LogP contribution in [-0.4, -0.2) is 19.8 Å². The van der Waals surface area contributed by atoms with Gasteiger partial charge < -0.3 is 10.1 Å². The summed E-state index contributed by atoms with van der Waals surface area (Å²) in [5.41, 5.74) is 3.44. The van der Waals surface area contributed by atoms with Crippen LogP contribution in [0.4, 0.5) is 10.1 Å². The summed E-state index contributed by atoms with van der Waals surface area (Å²) in [6.45, 7) is 3.94. The number of anilines is 1. The Morgan fingerprint density at radius 2 is 2.04 bits per heavy atom. The summed E-state index contributed by atoms with van der Waals surface area (Å²) in [6, 6.07) is 14.6. The summed E-state index contributed by atoms with van der Waals surface area (Å²) in [4.78, 5) is 0. The number of ether oxygens (including phenoxy) is 1. The van der Waals surface area contributed by atoms with Gasteiger partial charge in [0.15, 0.2) is 0 Å². The van der Waals surface area contributed by atoms with Crippen LogP contribution >= 0.6 is 0 Å². The van der Waals surface area contributed by atoms with Gasteiger partial charge in [-0.25, -0.2) is 4.39 Å². The summed E-state index contributed by atoms with van der Waals surface area (Å²) < 4.78 is 18.8. The van der Waals surface area contributed by atoms with Gasteiger partial charge in [-0.2, -0.15) is 5.26 Å².